The van der Waals surface area contributed by atoms with E-state index in [2.05, 4.69) is 4.99 Å². The van der Waals surface area contributed by atoms with Gasteiger partial charge in [-0.05, 0) is 11.1 Å². The third kappa shape index (κ3) is 3.18. The molecule has 0 aromatic heterocycles. The molecular formula is C10H10FNO. The highest BCUT2D eigenvalue weighted by molar-refractivity contribution is 5.34. The molecule has 0 atom stereocenters. The van der Waals surface area contributed by atoms with Gasteiger partial charge in [-0.25, -0.2) is 9.79 Å². The van der Waals surface area contributed by atoms with Gasteiger partial charge in [0.2, 0.25) is 6.08 Å². The van der Waals surface area contributed by atoms with Gasteiger partial charge < -0.3 is 0 Å². The van der Waals surface area contributed by atoms with Crippen LogP contribution in [-0.4, -0.2) is 12.8 Å². The quantitative estimate of drug-likeness (QED) is 0.513. The van der Waals surface area contributed by atoms with E-state index in [1.165, 1.54) is 6.08 Å². The monoisotopic (exact) mass is 179 g/mol. The molecule has 0 saturated carbocycles. The largest absolute Gasteiger partial charge is 0.251 e. The molecule has 0 aliphatic carbocycles. The van der Waals surface area contributed by atoms with Crippen molar-refractivity contribution in [1.82, 2.24) is 0 Å². The van der Waals surface area contributed by atoms with Gasteiger partial charge in [0.05, 0.1) is 13.2 Å². The number of benzene rings is 1. The first-order chi connectivity index (χ1) is 6.36. The highest BCUT2D eigenvalue weighted by Gasteiger charge is 1.93. The van der Waals surface area contributed by atoms with E-state index in [9.17, 15) is 9.18 Å². The lowest BCUT2D eigenvalue weighted by atomic mass is 10.1. The van der Waals surface area contributed by atoms with Crippen LogP contribution in [0.4, 0.5) is 4.39 Å². The van der Waals surface area contributed by atoms with Crippen molar-refractivity contribution in [3.05, 3.63) is 35.4 Å². The molecule has 0 amide bonds. The number of halogens is 1. The Morgan fingerprint density at radius 2 is 1.85 bits per heavy atom. The number of nitrogens with zero attached hydrogens (tertiary/aromatic N) is 1. The van der Waals surface area contributed by atoms with E-state index in [1.54, 1.807) is 0 Å². The summed E-state index contributed by atoms with van der Waals surface area (Å²) in [4.78, 5) is 13.2. The Hall–Kier alpha value is -1.47. The zero-order chi connectivity index (χ0) is 9.52. The maximum absolute atomic E-state index is 11.9. The number of isocyanates is 1. The van der Waals surface area contributed by atoms with Crippen LogP contribution in [0.1, 0.15) is 11.1 Å². The van der Waals surface area contributed by atoms with Crippen molar-refractivity contribution in [3.8, 4) is 0 Å². The fourth-order valence-corrected chi connectivity index (χ4v) is 1.04. The Labute approximate surface area is 76.1 Å². The molecule has 0 bridgehead atoms. The number of carbonyl (C=O) groups excluding carboxylic acids is 1. The minimum Gasteiger partial charge on any atom is -0.251 e. The molecule has 0 radical (unpaired) electrons. The van der Waals surface area contributed by atoms with Gasteiger partial charge in [0.25, 0.3) is 0 Å². The van der Waals surface area contributed by atoms with Crippen LogP contribution in [-0.2, 0) is 17.8 Å². The zero-order valence-electron chi connectivity index (χ0n) is 7.16. The van der Waals surface area contributed by atoms with E-state index in [-0.39, 0.29) is 6.67 Å². The molecule has 13 heavy (non-hydrogen) atoms. The van der Waals surface area contributed by atoms with Crippen LogP contribution in [0.25, 0.3) is 0 Å². The third-order valence-electron chi connectivity index (χ3n) is 1.73. The van der Waals surface area contributed by atoms with Crippen molar-refractivity contribution in [1.29, 1.82) is 0 Å². The maximum atomic E-state index is 11.9. The molecule has 0 unspecified atom stereocenters. The Bertz CT molecular complexity index is 301. The summed E-state index contributed by atoms with van der Waals surface area (Å²) in [6.07, 6.45) is 1.91. The molecule has 0 aliphatic rings. The molecule has 0 fully saturated rings. The summed E-state index contributed by atoms with van der Waals surface area (Å²) < 4.78 is 11.9. The van der Waals surface area contributed by atoms with Gasteiger partial charge in [0.1, 0.15) is 0 Å². The maximum Gasteiger partial charge on any atom is 0.235 e. The number of hydrogen-bond acceptors (Lipinski definition) is 2. The van der Waals surface area contributed by atoms with Crippen LogP contribution in [0.2, 0.25) is 0 Å². The third-order valence-corrected chi connectivity index (χ3v) is 1.73. The standard InChI is InChI=1S/C10H10FNO/c11-6-5-9-1-3-10(4-2-9)7-12-8-13/h1-4H,5-7H2. The van der Waals surface area contributed by atoms with Crippen molar-refractivity contribution in [2.75, 3.05) is 6.67 Å². The van der Waals surface area contributed by atoms with E-state index in [0.29, 0.717) is 13.0 Å². The number of aryl methyl sites for hydroxylation is 1. The van der Waals surface area contributed by atoms with E-state index < -0.39 is 0 Å². The minimum atomic E-state index is -0.341. The Morgan fingerprint density at radius 1 is 1.23 bits per heavy atom. The smallest absolute Gasteiger partial charge is 0.235 e. The second-order valence-electron chi connectivity index (χ2n) is 2.66. The van der Waals surface area contributed by atoms with E-state index in [1.807, 2.05) is 24.3 Å². The zero-order valence-corrected chi connectivity index (χ0v) is 7.16. The van der Waals surface area contributed by atoms with Crippen molar-refractivity contribution < 1.29 is 9.18 Å². The van der Waals surface area contributed by atoms with Gasteiger partial charge >= 0.3 is 0 Å². The number of aliphatic imine (C=N–C) groups is 1. The molecule has 0 saturated heterocycles. The van der Waals surface area contributed by atoms with Crippen LogP contribution in [0.5, 0.6) is 0 Å². The van der Waals surface area contributed by atoms with Crippen LogP contribution >= 0.6 is 0 Å². The SMILES string of the molecule is O=C=NCc1ccc(CCF)cc1. The molecule has 2 nitrogen and oxygen atoms in total. The second-order valence-corrected chi connectivity index (χ2v) is 2.66. The van der Waals surface area contributed by atoms with Crippen molar-refractivity contribution in [2.45, 2.75) is 13.0 Å². The fourth-order valence-electron chi connectivity index (χ4n) is 1.04. The summed E-state index contributed by atoms with van der Waals surface area (Å²) in [5.41, 5.74) is 1.90. The van der Waals surface area contributed by atoms with E-state index in [4.69, 9.17) is 0 Å². The molecule has 0 spiro atoms. The molecule has 3 heteroatoms. The lowest BCUT2D eigenvalue weighted by molar-refractivity contribution is 0.495. The Balaban J connectivity index is 2.63. The average Bonchev–Trinajstić information content (AvgIpc) is 2.17. The summed E-state index contributed by atoms with van der Waals surface area (Å²) in [5, 5.41) is 0. The first-order valence-electron chi connectivity index (χ1n) is 4.04. The molecule has 1 aromatic rings. The summed E-state index contributed by atoms with van der Waals surface area (Å²) >= 11 is 0. The molecule has 0 heterocycles. The normalized spacial score (nSPS) is 9.31. The highest BCUT2D eigenvalue weighted by atomic mass is 19.1. The van der Waals surface area contributed by atoms with Gasteiger partial charge in [-0.2, -0.15) is 0 Å². The lowest BCUT2D eigenvalue weighted by Crippen LogP contribution is -1.87. The number of hydrogen-bond donors (Lipinski definition) is 0. The summed E-state index contributed by atoms with van der Waals surface area (Å²) in [6.45, 7) is 0.00520. The van der Waals surface area contributed by atoms with E-state index in [0.717, 1.165) is 11.1 Å². The summed E-state index contributed by atoms with van der Waals surface area (Å²) in [7, 11) is 0. The predicted octanol–water partition coefficient (Wildman–Crippen LogP) is 2.03. The van der Waals surface area contributed by atoms with Gasteiger partial charge in [0.15, 0.2) is 0 Å². The van der Waals surface area contributed by atoms with Crippen molar-refractivity contribution in [2.24, 2.45) is 4.99 Å². The van der Waals surface area contributed by atoms with E-state index >= 15 is 0 Å². The molecular weight excluding hydrogens is 169 g/mol. The highest BCUT2D eigenvalue weighted by Crippen LogP contribution is 2.06. The van der Waals surface area contributed by atoms with Gasteiger partial charge in [-0.3, -0.25) is 4.39 Å². The second kappa shape index (κ2) is 5.22. The van der Waals surface area contributed by atoms with Crippen LogP contribution in [0.15, 0.2) is 29.3 Å². The number of alkyl halides is 1. The van der Waals surface area contributed by atoms with Gasteiger partial charge in [-0.1, -0.05) is 24.3 Å². The Morgan fingerprint density at radius 3 is 2.38 bits per heavy atom. The van der Waals surface area contributed by atoms with Crippen LogP contribution < -0.4 is 0 Å². The molecule has 1 rings (SSSR count). The van der Waals surface area contributed by atoms with Crippen LogP contribution in [0.3, 0.4) is 0 Å². The first-order valence-corrected chi connectivity index (χ1v) is 4.04. The van der Waals surface area contributed by atoms with Crippen molar-refractivity contribution in [3.63, 3.8) is 0 Å². The Kier molecular flexibility index (Phi) is 3.86. The van der Waals surface area contributed by atoms with Crippen LogP contribution in [0, 0.1) is 0 Å². The average molecular weight is 179 g/mol. The van der Waals surface area contributed by atoms with Gasteiger partial charge in [-0.15, -0.1) is 0 Å². The molecule has 1 aromatic carbocycles. The topological polar surface area (TPSA) is 29.4 Å². The fraction of sp³-hybridized carbons (Fsp3) is 0.300. The molecule has 0 N–H and O–H groups in total. The number of rotatable bonds is 4. The summed E-state index contributed by atoms with van der Waals surface area (Å²) in [5.74, 6) is 0. The predicted molar refractivity (Wildman–Crippen MR) is 47.9 cm³/mol. The van der Waals surface area contributed by atoms with Crippen molar-refractivity contribution >= 4 is 6.08 Å². The molecule has 0 aliphatic heterocycles. The first kappa shape index (κ1) is 9.62. The van der Waals surface area contributed by atoms with Gasteiger partial charge in [0, 0.05) is 6.42 Å². The molecule has 68 valence electrons. The minimum absolute atomic E-state index is 0.341. The lowest BCUT2D eigenvalue weighted by Gasteiger charge is -1.98. The summed E-state index contributed by atoms with van der Waals surface area (Å²) in [6, 6.07) is 7.36.